The lowest BCUT2D eigenvalue weighted by atomic mass is 10.1. The molecule has 8 nitrogen and oxygen atoms in total. The highest BCUT2D eigenvalue weighted by molar-refractivity contribution is 6.04. The van der Waals surface area contributed by atoms with Gasteiger partial charge in [-0.2, -0.15) is 0 Å². The molecule has 0 fully saturated rings. The lowest BCUT2D eigenvalue weighted by molar-refractivity contribution is 0.0591. The number of fused-ring (bicyclic) bond motifs is 5. The van der Waals surface area contributed by atoms with Gasteiger partial charge in [0.2, 0.25) is 0 Å². The summed E-state index contributed by atoms with van der Waals surface area (Å²) in [6, 6.07) is 17.1. The third-order valence-electron chi connectivity index (χ3n) is 5.39. The number of aromatic nitrogens is 3. The molecule has 32 heavy (non-hydrogen) atoms. The Bertz CT molecular complexity index is 1600. The van der Waals surface area contributed by atoms with Crippen molar-refractivity contribution >= 4 is 39.5 Å². The van der Waals surface area contributed by atoms with Crippen LogP contribution in [0.4, 0.5) is 0 Å². The highest BCUT2D eigenvalue weighted by Crippen LogP contribution is 2.26. The Morgan fingerprint density at radius 1 is 0.812 bits per heavy atom. The van der Waals surface area contributed by atoms with Crippen LogP contribution in [0.15, 0.2) is 71.7 Å². The number of nitrogens with zero attached hydrogens (tertiary/aromatic N) is 3. The summed E-state index contributed by atoms with van der Waals surface area (Å²) in [5, 5.41) is 1.21. The Hall–Kier alpha value is -4.46. The average molecular weight is 427 g/mol. The van der Waals surface area contributed by atoms with E-state index in [0.717, 1.165) is 0 Å². The molecule has 0 N–H and O–H groups in total. The van der Waals surface area contributed by atoms with Crippen LogP contribution in [0.25, 0.3) is 33.3 Å². The van der Waals surface area contributed by atoms with E-state index in [4.69, 9.17) is 14.5 Å². The number of carbonyl (C=O) groups excluding carboxylic acids is 2. The Morgan fingerprint density at radius 3 is 2.12 bits per heavy atom. The average Bonchev–Trinajstić information content (AvgIpc) is 3.22. The minimum absolute atomic E-state index is 0.246. The van der Waals surface area contributed by atoms with Gasteiger partial charge in [-0.15, -0.1) is 0 Å². The van der Waals surface area contributed by atoms with Crippen molar-refractivity contribution in [3.63, 3.8) is 0 Å². The summed E-state index contributed by atoms with van der Waals surface area (Å²) in [6.45, 7) is 0. The van der Waals surface area contributed by atoms with Gasteiger partial charge in [-0.05, 0) is 42.5 Å². The summed E-state index contributed by atoms with van der Waals surface area (Å²) in [5.41, 5.74) is 2.68. The number of benzene rings is 2. The predicted octanol–water partition coefficient (Wildman–Crippen LogP) is 3.36. The second-order valence-corrected chi connectivity index (χ2v) is 7.15. The van der Waals surface area contributed by atoms with E-state index < -0.39 is 11.9 Å². The molecule has 0 aliphatic rings. The van der Waals surface area contributed by atoms with E-state index in [2.05, 4.69) is 0 Å². The van der Waals surface area contributed by atoms with Crippen LogP contribution in [0.3, 0.4) is 0 Å². The van der Waals surface area contributed by atoms with Crippen LogP contribution < -0.4 is 5.56 Å². The lowest BCUT2D eigenvalue weighted by Crippen LogP contribution is -2.20. The minimum Gasteiger partial charge on any atom is -0.465 e. The van der Waals surface area contributed by atoms with Crippen LogP contribution in [0, 0.1) is 0 Å². The van der Waals surface area contributed by atoms with Gasteiger partial charge in [0.15, 0.2) is 5.65 Å². The Kier molecular flexibility index (Phi) is 4.48. The largest absolute Gasteiger partial charge is 0.465 e. The maximum atomic E-state index is 13.6. The van der Waals surface area contributed by atoms with Gasteiger partial charge in [0.05, 0.1) is 31.0 Å². The van der Waals surface area contributed by atoms with Crippen LogP contribution in [0.2, 0.25) is 0 Å². The van der Waals surface area contributed by atoms with Crippen molar-refractivity contribution < 1.29 is 19.1 Å². The van der Waals surface area contributed by atoms with Gasteiger partial charge in [0.25, 0.3) is 5.56 Å². The molecule has 0 atom stereocenters. The van der Waals surface area contributed by atoms with Crippen molar-refractivity contribution in [1.29, 1.82) is 0 Å². The number of rotatable bonds is 3. The van der Waals surface area contributed by atoms with Crippen LogP contribution in [0.1, 0.15) is 20.7 Å². The zero-order valence-electron chi connectivity index (χ0n) is 17.2. The van der Waals surface area contributed by atoms with Gasteiger partial charge in [0.1, 0.15) is 11.2 Å². The minimum atomic E-state index is -0.495. The van der Waals surface area contributed by atoms with Crippen molar-refractivity contribution in [2.45, 2.75) is 0 Å². The number of carbonyl (C=O) groups is 2. The summed E-state index contributed by atoms with van der Waals surface area (Å²) in [6.07, 6.45) is 1.60. The molecule has 0 spiro atoms. The molecule has 0 radical (unpaired) electrons. The molecule has 3 aromatic heterocycles. The van der Waals surface area contributed by atoms with E-state index in [0.29, 0.717) is 44.4 Å². The molecule has 5 aromatic rings. The Labute approximate surface area is 181 Å². The maximum absolute atomic E-state index is 13.6. The molecule has 8 heteroatoms. The number of esters is 2. The third-order valence-corrected chi connectivity index (χ3v) is 5.39. The van der Waals surface area contributed by atoms with Crippen molar-refractivity contribution in [1.82, 2.24) is 14.0 Å². The second kappa shape index (κ2) is 7.35. The predicted molar refractivity (Wildman–Crippen MR) is 118 cm³/mol. The van der Waals surface area contributed by atoms with E-state index in [1.54, 1.807) is 59.1 Å². The van der Waals surface area contributed by atoms with E-state index in [1.165, 1.54) is 18.8 Å². The van der Waals surface area contributed by atoms with Crippen LogP contribution in [-0.4, -0.2) is 40.1 Å². The lowest BCUT2D eigenvalue weighted by Gasteiger charge is -2.12. The molecule has 5 rings (SSSR count). The number of pyridine rings is 2. The van der Waals surface area contributed by atoms with E-state index in [-0.39, 0.29) is 5.56 Å². The van der Waals surface area contributed by atoms with Gasteiger partial charge in [0, 0.05) is 17.0 Å². The van der Waals surface area contributed by atoms with Crippen LogP contribution in [-0.2, 0) is 9.47 Å². The zero-order chi connectivity index (χ0) is 22.4. The van der Waals surface area contributed by atoms with Crippen LogP contribution >= 0.6 is 0 Å². The molecule has 0 amide bonds. The number of imidazole rings is 1. The van der Waals surface area contributed by atoms with E-state index in [9.17, 15) is 14.4 Å². The number of hydrogen-bond acceptors (Lipinski definition) is 6. The van der Waals surface area contributed by atoms with E-state index >= 15 is 0 Å². The van der Waals surface area contributed by atoms with Gasteiger partial charge >= 0.3 is 11.9 Å². The van der Waals surface area contributed by atoms with Crippen molar-refractivity contribution in [2.24, 2.45) is 0 Å². The first-order chi connectivity index (χ1) is 15.5. The summed E-state index contributed by atoms with van der Waals surface area (Å²) < 4.78 is 12.8. The molecule has 0 aliphatic heterocycles. The Balaban J connectivity index is 1.91. The number of hydrogen-bond donors (Lipinski definition) is 0. The standard InChI is InChI=1S/C24H17N3O5/c1-31-23(29)14-7-10-16(11-8-14)27-21-20(17-5-3-4-6-18(17)22(27)28)25-19-12-9-15(13-26(19)21)24(30)32-2/h3-13H,1-2H3. The first kappa shape index (κ1) is 19.5. The molecular formula is C24H17N3O5. The van der Waals surface area contributed by atoms with Crippen LogP contribution in [0.5, 0.6) is 0 Å². The van der Waals surface area contributed by atoms with Crippen molar-refractivity contribution in [2.75, 3.05) is 14.2 Å². The third kappa shape index (κ3) is 2.84. The monoisotopic (exact) mass is 427 g/mol. The molecule has 3 heterocycles. The molecule has 0 unspecified atom stereocenters. The Morgan fingerprint density at radius 2 is 1.44 bits per heavy atom. The van der Waals surface area contributed by atoms with Gasteiger partial charge < -0.3 is 9.47 Å². The number of methoxy groups -OCH3 is 2. The van der Waals surface area contributed by atoms with Gasteiger partial charge in [-0.1, -0.05) is 18.2 Å². The first-order valence-electron chi connectivity index (χ1n) is 9.76. The van der Waals surface area contributed by atoms with Gasteiger partial charge in [-0.25, -0.2) is 14.6 Å². The van der Waals surface area contributed by atoms with Crippen molar-refractivity contribution in [3.05, 3.63) is 88.3 Å². The number of ether oxygens (including phenoxy) is 2. The fraction of sp³-hybridized carbons (Fsp3) is 0.0833. The fourth-order valence-corrected chi connectivity index (χ4v) is 3.86. The molecular weight excluding hydrogens is 410 g/mol. The maximum Gasteiger partial charge on any atom is 0.339 e. The topological polar surface area (TPSA) is 91.9 Å². The highest BCUT2D eigenvalue weighted by Gasteiger charge is 2.19. The second-order valence-electron chi connectivity index (χ2n) is 7.15. The van der Waals surface area contributed by atoms with Gasteiger partial charge in [-0.3, -0.25) is 13.8 Å². The smallest absolute Gasteiger partial charge is 0.339 e. The van der Waals surface area contributed by atoms with Crippen molar-refractivity contribution in [3.8, 4) is 5.69 Å². The normalized spacial score (nSPS) is 11.2. The summed E-state index contributed by atoms with van der Waals surface area (Å²) >= 11 is 0. The summed E-state index contributed by atoms with van der Waals surface area (Å²) in [5.74, 6) is -0.962. The van der Waals surface area contributed by atoms with E-state index in [1.807, 2.05) is 12.1 Å². The molecule has 2 aromatic carbocycles. The molecule has 0 bridgehead atoms. The summed E-state index contributed by atoms with van der Waals surface area (Å²) in [4.78, 5) is 42.2. The fourth-order valence-electron chi connectivity index (χ4n) is 3.86. The first-order valence-corrected chi connectivity index (χ1v) is 9.76. The molecule has 158 valence electrons. The summed E-state index contributed by atoms with van der Waals surface area (Å²) in [7, 11) is 2.62. The SMILES string of the molecule is COC(=O)c1ccc(-n2c(=O)c3ccccc3c3nc4ccc(C(=O)OC)cn4c32)cc1. The zero-order valence-corrected chi connectivity index (χ0v) is 17.2. The highest BCUT2D eigenvalue weighted by atomic mass is 16.5. The molecule has 0 aliphatic carbocycles. The molecule has 0 saturated heterocycles. The quantitative estimate of drug-likeness (QED) is 0.410. The molecule has 0 saturated carbocycles.